The predicted octanol–water partition coefficient (Wildman–Crippen LogP) is 10.6. The standard InChI is InChI=1S/C40H19BN2S3/c1-5-17-29-21(9-1)32-24-13-8-15-27-36(24)42(40(32)46-29)38-33-22-10-2-4-16-28(22)44-31(33)19-26-20-12-7-14-25-35(20)43(41(27)34(26)38)37-23-11-3-6-18-30(23)45-39(25)37/h1-19H. The van der Waals surface area contributed by atoms with Crippen LogP contribution in [0.1, 0.15) is 0 Å². The fourth-order valence-electron chi connectivity index (χ4n) is 9.06. The molecule has 7 heterocycles. The van der Waals surface area contributed by atoms with Gasteiger partial charge < -0.3 is 9.05 Å². The van der Waals surface area contributed by atoms with E-state index in [4.69, 9.17) is 0 Å². The van der Waals surface area contributed by atoms with Gasteiger partial charge in [-0.15, -0.1) is 34.0 Å². The molecule has 0 amide bonds. The number of rotatable bonds is 0. The first-order valence-corrected chi connectivity index (χ1v) is 18.2. The summed E-state index contributed by atoms with van der Waals surface area (Å²) in [5.41, 5.74) is 11.1. The molecule has 0 saturated heterocycles. The highest BCUT2D eigenvalue weighted by atomic mass is 32.1. The molecule has 0 radical (unpaired) electrons. The van der Waals surface area contributed by atoms with Crippen molar-refractivity contribution < 1.29 is 0 Å². The number of thiophene rings is 3. The Bertz CT molecular complexity index is 3220. The summed E-state index contributed by atoms with van der Waals surface area (Å²) in [6.45, 7) is 0.0763. The second kappa shape index (κ2) is 7.73. The molecule has 13 rings (SSSR count). The molecule has 2 aliphatic rings. The van der Waals surface area contributed by atoms with Crippen LogP contribution in [0, 0.1) is 0 Å². The van der Waals surface area contributed by atoms with E-state index in [0.717, 1.165) is 0 Å². The molecular formula is C40H19BN2S3. The lowest BCUT2D eigenvalue weighted by atomic mass is 9.45. The number of aromatic nitrogens is 2. The predicted molar refractivity (Wildman–Crippen MR) is 203 cm³/mol. The molecule has 0 fully saturated rings. The Morgan fingerprint density at radius 3 is 2.00 bits per heavy atom. The van der Waals surface area contributed by atoms with Crippen LogP contribution in [0.3, 0.4) is 0 Å². The number of hydrogen-bond acceptors (Lipinski definition) is 3. The lowest BCUT2D eigenvalue weighted by molar-refractivity contribution is 1.21. The van der Waals surface area contributed by atoms with Crippen LogP contribution in [0.4, 0.5) is 0 Å². The average molecular weight is 635 g/mol. The van der Waals surface area contributed by atoms with Gasteiger partial charge in [-0.1, -0.05) is 91.0 Å². The fraction of sp³-hybridized carbons (Fsp3) is 0. The Morgan fingerprint density at radius 2 is 1.15 bits per heavy atom. The van der Waals surface area contributed by atoms with Gasteiger partial charge in [0.1, 0.15) is 4.83 Å². The topological polar surface area (TPSA) is 9.86 Å². The number of para-hydroxylation sites is 2. The van der Waals surface area contributed by atoms with Crippen molar-refractivity contribution in [3.8, 4) is 16.8 Å². The Hall–Kier alpha value is -4.88. The minimum absolute atomic E-state index is 0.0763. The maximum atomic E-state index is 2.74. The van der Waals surface area contributed by atoms with Crippen LogP contribution < -0.4 is 10.9 Å². The van der Waals surface area contributed by atoms with Crippen molar-refractivity contribution in [3.63, 3.8) is 0 Å². The molecule has 0 saturated carbocycles. The Kier molecular flexibility index (Phi) is 3.94. The molecule has 6 heteroatoms. The van der Waals surface area contributed by atoms with Crippen LogP contribution >= 0.6 is 34.0 Å². The molecule has 0 aliphatic carbocycles. The van der Waals surface area contributed by atoms with Crippen molar-refractivity contribution in [1.29, 1.82) is 0 Å². The molecule has 46 heavy (non-hydrogen) atoms. The third-order valence-corrected chi connectivity index (χ3v) is 14.2. The Labute approximate surface area is 274 Å². The van der Waals surface area contributed by atoms with E-state index in [9.17, 15) is 0 Å². The van der Waals surface area contributed by atoms with Gasteiger partial charge in [-0.2, -0.15) is 0 Å². The largest absolute Gasteiger partial charge is 0.374 e. The van der Waals surface area contributed by atoms with Gasteiger partial charge in [0.05, 0.1) is 21.4 Å². The van der Waals surface area contributed by atoms with Gasteiger partial charge in [-0.05, 0) is 40.8 Å². The van der Waals surface area contributed by atoms with Gasteiger partial charge in [0.2, 0.25) is 0 Å². The minimum atomic E-state index is 0.0763. The van der Waals surface area contributed by atoms with Crippen LogP contribution in [0.5, 0.6) is 0 Å². The molecule has 0 unspecified atom stereocenters. The molecule has 2 nitrogen and oxygen atoms in total. The van der Waals surface area contributed by atoms with E-state index >= 15 is 0 Å². The Morgan fingerprint density at radius 1 is 0.478 bits per heavy atom. The minimum Gasteiger partial charge on any atom is -0.374 e. The summed E-state index contributed by atoms with van der Waals surface area (Å²) >= 11 is 5.83. The number of fused-ring (bicyclic) bond motifs is 18. The van der Waals surface area contributed by atoms with Crippen LogP contribution in [0.25, 0.3) is 99.4 Å². The first-order chi connectivity index (χ1) is 22.8. The van der Waals surface area contributed by atoms with E-state index in [-0.39, 0.29) is 6.85 Å². The summed E-state index contributed by atoms with van der Waals surface area (Å²) in [6, 6.07) is 43.6. The summed E-state index contributed by atoms with van der Waals surface area (Å²) in [5.74, 6) is 0. The first kappa shape index (κ1) is 23.5. The smallest absolute Gasteiger partial charge is 0.333 e. The summed E-state index contributed by atoms with van der Waals surface area (Å²) in [4.78, 5) is 1.36. The summed E-state index contributed by atoms with van der Waals surface area (Å²) in [5, 5.41) is 9.60. The van der Waals surface area contributed by atoms with Crippen molar-refractivity contribution in [2.45, 2.75) is 0 Å². The molecule has 210 valence electrons. The number of benzene rings is 6. The molecule has 0 N–H and O–H groups in total. The third kappa shape index (κ3) is 2.46. The summed E-state index contributed by atoms with van der Waals surface area (Å²) < 4.78 is 12.3. The quantitative estimate of drug-likeness (QED) is 0.147. The van der Waals surface area contributed by atoms with Gasteiger partial charge in [0, 0.05) is 67.6 Å². The summed E-state index contributed by atoms with van der Waals surface area (Å²) in [7, 11) is 0. The molecular weight excluding hydrogens is 615 g/mol. The van der Waals surface area contributed by atoms with Gasteiger partial charge in [-0.25, -0.2) is 0 Å². The second-order valence-electron chi connectivity index (χ2n) is 12.8. The van der Waals surface area contributed by atoms with Crippen LogP contribution in [0.15, 0.2) is 115 Å². The van der Waals surface area contributed by atoms with Gasteiger partial charge >= 0.3 is 6.85 Å². The van der Waals surface area contributed by atoms with Gasteiger partial charge in [0.15, 0.2) is 0 Å². The van der Waals surface area contributed by atoms with E-state index < -0.39 is 0 Å². The van der Waals surface area contributed by atoms with Crippen molar-refractivity contribution in [1.82, 2.24) is 9.05 Å². The monoisotopic (exact) mass is 634 g/mol. The molecule has 0 bridgehead atoms. The number of nitrogens with zero attached hydrogens (tertiary/aromatic N) is 2. The average Bonchev–Trinajstić information content (AvgIpc) is 3.89. The molecule has 2 aliphatic heterocycles. The van der Waals surface area contributed by atoms with Crippen LogP contribution in [0.2, 0.25) is 0 Å². The van der Waals surface area contributed by atoms with E-state index in [1.54, 1.807) is 0 Å². The van der Waals surface area contributed by atoms with Crippen molar-refractivity contribution in [2.24, 2.45) is 0 Å². The lowest BCUT2D eigenvalue weighted by Gasteiger charge is -2.34. The Balaban J connectivity index is 1.36. The van der Waals surface area contributed by atoms with Crippen molar-refractivity contribution >= 4 is 134 Å². The molecule has 0 spiro atoms. The van der Waals surface area contributed by atoms with E-state index in [1.165, 1.54) is 110 Å². The molecule has 0 atom stereocenters. The van der Waals surface area contributed by atoms with E-state index in [0.29, 0.717) is 0 Å². The molecule has 5 aromatic heterocycles. The van der Waals surface area contributed by atoms with E-state index in [1.807, 2.05) is 34.0 Å². The first-order valence-electron chi connectivity index (χ1n) is 15.7. The zero-order valence-electron chi connectivity index (χ0n) is 24.2. The van der Waals surface area contributed by atoms with Gasteiger partial charge in [0.25, 0.3) is 0 Å². The maximum absolute atomic E-state index is 2.74. The highest BCUT2D eigenvalue weighted by Crippen LogP contribution is 2.51. The molecule has 11 aromatic rings. The van der Waals surface area contributed by atoms with Crippen LogP contribution in [-0.2, 0) is 0 Å². The third-order valence-electron chi connectivity index (χ3n) is 10.7. The highest BCUT2D eigenvalue weighted by molar-refractivity contribution is 7.27. The SMILES string of the molecule is c1ccc2c(c1)sc1cc3c4c(c12)-n1c2sc5ccccc5c2c2cccc(c21)B4n1c2c-3cccc2c2sc3ccccc3c21. The fourth-order valence-corrected chi connectivity index (χ4v) is 12.7. The van der Waals surface area contributed by atoms with Crippen molar-refractivity contribution in [3.05, 3.63) is 115 Å². The van der Waals surface area contributed by atoms with Gasteiger partial charge in [-0.3, -0.25) is 0 Å². The second-order valence-corrected chi connectivity index (χ2v) is 15.9. The summed E-state index contributed by atoms with van der Waals surface area (Å²) in [6.07, 6.45) is 0. The maximum Gasteiger partial charge on any atom is 0.333 e. The van der Waals surface area contributed by atoms with Crippen molar-refractivity contribution in [2.75, 3.05) is 0 Å². The van der Waals surface area contributed by atoms with E-state index in [2.05, 4.69) is 124 Å². The van der Waals surface area contributed by atoms with Crippen LogP contribution in [-0.4, -0.2) is 15.9 Å². The zero-order chi connectivity index (χ0) is 29.4. The normalized spacial score (nSPS) is 13.6. The highest BCUT2D eigenvalue weighted by Gasteiger charge is 2.43. The lowest BCUT2D eigenvalue weighted by Crippen LogP contribution is -2.55. The zero-order valence-corrected chi connectivity index (χ0v) is 26.6. The molecule has 6 aromatic carbocycles. The number of hydrogen-bond donors (Lipinski definition) is 0.